The minimum absolute atomic E-state index is 0.852. The first-order valence-corrected chi connectivity index (χ1v) is 2.48. The van der Waals surface area contributed by atoms with Crippen LogP contribution in [0.15, 0.2) is 4.99 Å². The lowest BCUT2D eigenvalue weighted by Gasteiger charge is -1.77. The average Bonchev–Trinajstić information content (AvgIpc) is 1.62. The maximum atomic E-state index is 3.67. The molecule has 0 radical (unpaired) electrons. The second-order valence-electron chi connectivity index (χ2n) is 1.37. The van der Waals surface area contributed by atoms with Crippen LogP contribution in [0.25, 0.3) is 0 Å². The highest BCUT2D eigenvalue weighted by atomic mass is 14.6. The Morgan fingerprint density at radius 3 is 3.12 bits per heavy atom. The Labute approximate surface area is 48.8 Å². The molecule has 0 saturated carbocycles. The third kappa shape index (κ3) is 1.49. The molecule has 0 aromatic heterocycles. The number of hydrogen-bond donors (Lipinski definition) is 0. The first-order valence-electron chi connectivity index (χ1n) is 2.48. The van der Waals surface area contributed by atoms with Gasteiger partial charge in [-0.05, 0) is 0 Å². The fourth-order valence-corrected chi connectivity index (χ4v) is 0.409. The van der Waals surface area contributed by atoms with Crippen molar-refractivity contribution in [1.82, 2.24) is 0 Å². The van der Waals surface area contributed by atoms with Gasteiger partial charge in [0.2, 0.25) is 0 Å². The van der Waals surface area contributed by atoms with Gasteiger partial charge in [0.1, 0.15) is 0 Å². The van der Waals surface area contributed by atoms with Crippen molar-refractivity contribution >= 4 is 6.21 Å². The highest BCUT2D eigenvalue weighted by Crippen LogP contribution is 1.83. The Bertz CT molecular complexity index is 180. The van der Waals surface area contributed by atoms with Crippen molar-refractivity contribution in [3.8, 4) is 23.8 Å². The van der Waals surface area contributed by atoms with Gasteiger partial charge in [0.25, 0.3) is 0 Å². The van der Waals surface area contributed by atoms with E-state index in [2.05, 4.69) is 28.8 Å². The van der Waals surface area contributed by atoms with Crippen LogP contribution in [0.5, 0.6) is 0 Å². The summed E-state index contributed by atoms with van der Waals surface area (Å²) in [4.78, 5) is 3.67. The molecular formula is C7H5N. The van der Waals surface area contributed by atoms with Gasteiger partial charge in [0.05, 0.1) is 6.21 Å². The summed E-state index contributed by atoms with van der Waals surface area (Å²) in [6.07, 6.45) is 3.26. The van der Waals surface area contributed by atoms with Crippen LogP contribution < -0.4 is 0 Å². The van der Waals surface area contributed by atoms with Gasteiger partial charge in [0.15, 0.2) is 0 Å². The van der Waals surface area contributed by atoms with Crippen molar-refractivity contribution in [3.63, 3.8) is 0 Å². The van der Waals surface area contributed by atoms with E-state index in [0.29, 0.717) is 0 Å². The standard InChI is InChI=1S/C7H5N/c1-2-4-6-8-7-5-3-1/h7H,1-2H2. The molecule has 1 aliphatic rings. The topological polar surface area (TPSA) is 12.4 Å². The van der Waals surface area contributed by atoms with Gasteiger partial charge in [-0.25, -0.2) is 0 Å². The molecule has 0 atom stereocenters. The molecule has 8 heavy (non-hydrogen) atoms. The Morgan fingerprint density at radius 2 is 2.12 bits per heavy atom. The Balaban J connectivity index is 2.65. The zero-order chi connectivity index (χ0) is 5.66. The van der Waals surface area contributed by atoms with Crippen molar-refractivity contribution < 1.29 is 0 Å². The van der Waals surface area contributed by atoms with Gasteiger partial charge in [-0.15, -0.1) is 0 Å². The molecule has 0 bridgehead atoms. The highest BCUT2D eigenvalue weighted by molar-refractivity contribution is 5.79. The third-order valence-corrected chi connectivity index (χ3v) is 0.750. The molecule has 1 heterocycles. The molecule has 0 spiro atoms. The first-order chi connectivity index (χ1) is 4.00. The maximum Gasteiger partial charge on any atom is 0.0873 e. The van der Waals surface area contributed by atoms with Gasteiger partial charge in [-0.2, -0.15) is 4.99 Å². The Kier molecular flexibility index (Phi) is 1.78. The monoisotopic (exact) mass is 103 g/mol. The van der Waals surface area contributed by atoms with Crippen molar-refractivity contribution in [1.29, 1.82) is 0 Å². The normalized spacial score (nSPS) is 14.0. The number of hydrogen-bond acceptors (Lipinski definition) is 1. The van der Waals surface area contributed by atoms with E-state index in [9.17, 15) is 0 Å². The van der Waals surface area contributed by atoms with Gasteiger partial charge >= 0.3 is 0 Å². The van der Waals surface area contributed by atoms with Crippen molar-refractivity contribution in [2.75, 3.05) is 0 Å². The van der Waals surface area contributed by atoms with E-state index in [4.69, 9.17) is 0 Å². The van der Waals surface area contributed by atoms with Crippen LogP contribution >= 0.6 is 0 Å². The molecule has 0 fully saturated rings. The number of rotatable bonds is 0. The molecule has 0 aliphatic carbocycles. The summed E-state index contributed by atoms with van der Waals surface area (Å²) in [5, 5.41) is 0. The fraction of sp³-hybridized carbons (Fsp3) is 0.286. The van der Waals surface area contributed by atoms with Crippen LogP contribution in [0.4, 0.5) is 0 Å². The number of nitrogens with zero attached hydrogens (tertiary/aromatic N) is 1. The molecule has 0 aromatic carbocycles. The molecule has 0 saturated heterocycles. The van der Waals surface area contributed by atoms with Crippen LogP contribution in [0.2, 0.25) is 0 Å². The minimum Gasteiger partial charge on any atom is -0.197 e. The molecule has 0 N–H and O–H groups in total. The molecule has 0 aromatic rings. The van der Waals surface area contributed by atoms with Gasteiger partial charge in [-0.3, -0.25) is 0 Å². The van der Waals surface area contributed by atoms with Gasteiger partial charge in [0, 0.05) is 18.9 Å². The summed E-state index contributed by atoms with van der Waals surface area (Å²) in [5.74, 6) is 8.47. The third-order valence-electron chi connectivity index (χ3n) is 0.750. The van der Waals surface area contributed by atoms with Crippen molar-refractivity contribution in [2.45, 2.75) is 12.8 Å². The van der Waals surface area contributed by atoms with E-state index in [1.54, 1.807) is 0 Å². The molecule has 1 aliphatic heterocycles. The quantitative estimate of drug-likeness (QED) is 0.402. The lowest BCUT2D eigenvalue weighted by molar-refractivity contribution is 1.12. The number of aliphatic imine (C=N–C) groups is 1. The molecule has 38 valence electrons. The zero-order valence-electron chi connectivity index (χ0n) is 4.44. The zero-order valence-corrected chi connectivity index (χ0v) is 4.44. The average molecular weight is 103 g/mol. The predicted molar refractivity (Wildman–Crippen MR) is 33.3 cm³/mol. The molecule has 0 amide bonds. The van der Waals surface area contributed by atoms with Crippen LogP contribution in [-0.2, 0) is 0 Å². The van der Waals surface area contributed by atoms with E-state index in [1.165, 1.54) is 6.21 Å². The predicted octanol–water partition coefficient (Wildman–Crippen LogP) is 0.815. The van der Waals surface area contributed by atoms with Crippen molar-refractivity contribution in [2.24, 2.45) is 4.99 Å². The van der Waals surface area contributed by atoms with Gasteiger partial charge in [-0.1, -0.05) is 17.8 Å². The van der Waals surface area contributed by atoms with Crippen molar-refractivity contribution in [3.05, 3.63) is 0 Å². The first kappa shape index (κ1) is 4.94. The second-order valence-corrected chi connectivity index (χ2v) is 1.37. The summed E-state index contributed by atoms with van der Waals surface area (Å²) in [6, 6.07) is 2.60. The summed E-state index contributed by atoms with van der Waals surface area (Å²) in [6.45, 7) is 0. The molecule has 0 unspecified atom stereocenters. The van der Waals surface area contributed by atoms with Crippen LogP contribution in [0.1, 0.15) is 12.8 Å². The minimum atomic E-state index is 0.852. The van der Waals surface area contributed by atoms with Crippen LogP contribution in [0, 0.1) is 23.8 Å². The second kappa shape index (κ2) is 2.88. The molecule has 1 nitrogen and oxygen atoms in total. The highest BCUT2D eigenvalue weighted by Gasteiger charge is 1.74. The molecule has 1 rings (SSSR count). The van der Waals surface area contributed by atoms with Gasteiger partial charge < -0.3 is 0 Å². The summed E-state index contributed by atoms with van der Waals surface area (Å²) in [7, 11) is 0. The van der Waals surface area contributed by atoms with E-state index in [-0.39, 0.29) is 0 Å². The Hall–Kier alpha value is -1.21. The van der Waals surface area contributed by atoms with E-state index < -0.39 is 0 Å². The summed E-state index contributed by atoms with van der Waals surface area (Å²) in [5.41, 5.74) is 0. The van der Waals surface area contributed by atoms with Crippen LogP contribution in [0.3, 0.4) is 0 Å². The molecular weight excluding hydrogens is 98.1 g/mol. The van der Waals surface area contributed by atoms with Crippen LogP contribution in [-0.4, -0.2) is 6.21 Å². The maximum absolute atomic E-state index is 3.67. The Morgan fingerprint density at radius 1 is 1.25 bits per heavy atom. The molecule has 1 heteroatoms. The van der Waals surface area contributed by atoms with E-state index in [1.807, 2.05) is 0 Å². The lowest BCUT2D eigenvalue weighted by Crippen LogP contribution is -1.71. The summed E-state index contributed by atoms with van der Waals surface area (Å²) < 4.78 is 0. The smallest absolute Gasteiger partial charge is 0.0873 e. The van der Waals surface area contributed by atoms with E-state index >= 15 is 0 Å². The lowest BCUT2D eigenvalue weighted by atomic mass is 10.3. The fourth-order valence-electron chi connectivity index (χ4n) is 0.409. The summed E-state index contributed by atoms with van der Waals surface area (Å²) >= 11 is 0. The largest absolute Gasteiger partial charge is 0.197 e. The van der Waals surface area contributed by atoms with E-state index in [0.717, 1.165) is 12.8 Å². The SMILES string of the molecule is C1#CCCC#CN=C1.